The molecule has 7 aromatic carbocycles. The first-order valence-electron chi connectivity index (χ1n) is 18.3. The van der Waals surface area contributed by atoms with Gasteiger partial charge < -0.3 is 9.88 Å². The average molecular weight is 653 g/mol. The molecule has 1 N–H and O–H groups in total. The number of allylic oxidation sites excluding steroid dienone is 9. The number of nitrogens with one attached hydrogen (secondary N) is 1. The molecule has 2 heteroatoms. The smallest absolute Gasteiger partial charge is 0.124 e. The van der Waals surface area contributed by atoms with E-state index in [1.807, 2.05) is 0 Å². The molecule has 0 spiro atoms. The molecular weight excluding hydrogens is 617 g/mol. The first-order valence-corrected chi connectivity index (χ1v) is 18.3. The Morgan fingerprint density at radius 1 is 0.549 bits per heavy atom. The molecule has 1 aromatic heterocycles. The highest BCUT2D eigenvalue weighted by Crippen LogP contribution is 2.47. The summed E-state index contributed by atoms with van der Waals surface area (Å²) in [4.78, 5) is 0. The third-order valence-electron chi connectivity index (χ3n) is 11.7. The number of fused-ring (bicyclic) bond motifs is 12. The predicted octanol–water partition coefficient (Wildman–Crippen LogP) is 12.6. The van der Waals surface area contributed by atoms with Crippen molar-refractivity contribution in [3.8, 4) is 0 Å². The van der Waals surface area contributed by atoms with E-state index >= 15 is 0 Å². The van der Waals surface area contributed by atoms with Gasteiger partial charge in [-0.1, -0.05) is 152 Å². The molecule has 3 unspecified atom stereocenters. The van der Waals surface area contributed by atoms with Gasteiger partial charge >= 0.3 is 0 Å². The van der Waals surface area contributed by atoms with Crippen molar-refractivity contribution in [1.29, 1.82) is 0 Å². The Kier molecular flexibility index (Phi) is 6.30. The van der Waals surface area contributed by atoms with Crippen LogP contribution < -0.4 is 5.32 Å². The number of aromatic nitrogens is 1. The first kappa shape index (κ1) is 28.7. The van der Waals surface area contributed by atoms with E-state index in [4.69, 9.17) is 0 Å². The summed E-state index contributed by atoms with van der Waals surface area (Å²) >= 11 is 0. The van der Waals surface area contributed by atoms with Crippen LogP contribution >= 0.6 is 0 Å². The van der Waals surface area contributed by atoms with E-state index < -0.39 is 0 Å². The van der Waals surface area contributed by atoms with Crippen LogP contribution in [0, 0.1) is 11.8 Å². The maximum absolute atomic E-state index is 4.20. The number of hydrogen-bond acceptors (Lipinski definition) is 1. The third-order valence-corrected chi connectivity index (χ3v) is 11.7. The van der Waals surface area contributed by atoms with Crippen LogP contribution in [0.3, 0.4) is 0 Å². The van der Waals surface area contributed by atoms with Crippen LogP contribution in [0.4, 0.5) is 0 Å². The molecule has 0 saturated heterocycles. The lowest BCUT2D eigenvalue weighted by Crippen LogP contribution is -2.34. The van der Waals surface area contributed by atoms with Crippen LogP contribution in [0.1, 0.15) is 24.6 Å². The Hall–Kier alpha value is -6.12. The van der Waals surface area contributed by atoms with Crippen LogP contribution in [-0.4, -0.2) is 4.57 Å². The second-order valence-electron chi connectivity index (χ2n) is 14.4. The zero-order valence-corrected chi connectivity index (χ0v) is 28.3. The SMILES string of the molecule is C1=CCC2C(=C1)C=CCC2C1=CC(c2cccc3ccccc23)=CC(n2c3ccccc3c3c4c5ccccc5ccc4c4ccccc4c32)N1. The zero-order chi connectivity index (χ0) is 33.5. The molecule has 3 aliphatic rings. The van der Waals surface area contributed by atoms with Gasteiger partial charge in [-0.05, 0) is 86.0 Å². The van der Waals surface area contributed by atoms with Crippen LogP contribution in [0.5, 0.6) is 0 Å². The van der Waals surface area contributed by atoms with Gasteiger partial charge in [0.25, 0.3) is 0 Å². The summed E-state index contributed by atoms with van der Waals surface area (Å²) in [7, 11) is 0. The van der Waals surface area contributed by atoms with E-state index in [9.17, 15) is 0 Å². The highest BCUT2D eigenvalue weighted by molar-refractivity contribution is 6.36. The van der Waals surface area contributed by atoms with Crippen molar-refractivity contribution in [2.24, 2.45) is 11.8 Å². The summed E-state index contributed by atoms with van der Waals surface area (Å²) in [5.74, 6) is 0.822. The molecule has 1 aliphatic heterocycles. The molecule has 2 nitrogen and oxygen atoms in total. The van der Waals surface area contributed by atoms with E-state index in [1.54, 1.807) is 0 Å². The fraction of sp³-hybridized carbons (Fsp3) is 0.102. The first-order chi connectivity index (χ1) is 25.3. The van der Waals surface area contributed by atoms with Crippen molar-refractivity contribution in [2.75, 3.05) is 0 Å². The molecule has 8 aromatic rings. The van der Waals surface area contributed by atoms with E-state index in [0.29, 0.717) is 11.8 Å². The fourth-order valence-corrected chi connectivity index (χ4v) is 9.50. The van der Waals surface area contributed by atoms with Crippen molar-refractivity contribution in [2.45, 2.75) is 19.0 Å². The molecule has 0 fully saturated rings. The van der Waals surface area contributed by atoms with Gasteiger partial charge in [0.05, 0.1) is 11.0 Å². The molecule has 0 saturated carbocycles. The van der Waals surface area contributed by atoms with Gasteiger partial charge in [0.2, 0.25) is 0 Å². The number of benzene rings is 7. The van der Waals surface area contributed by atoms with E-state index in [-0.39, 0.29) is 6.17 Å². The molecule has 51 heavy (non-hydrogen) atoms. The van der Waals surface area contributed by atoms with Crippen molar-refractivity contribution < 1.29 is 0 Å². The molecular formula is C49H36N2. The maximum Gasteiger partial charge on any atom is 0.124 e. The summed E-state index contributed by atoms with van der Waals surface area (Å²) in [5, 5.41) is 17.2. The molecule has 11 rings (SSSR count). The Morgan fingerprint density at radius 3 is 2.14 bits per heavy atom. The van der Waals surface area contributed by atoms with Gasteiger partial charge in [0, 0.05) is 33.2 Å². The van der Waals surface area contributed by atoms with Crippen LogP contribution in [0.25, 0.3) is 70.5 Å². The Morgan fingerprint density at radius 2 is 1.25 bits per heavy atom. The van der Waals surface area contributed by atoms with Gasteiger partial charge in [0.1, 0.15) is 6.17 Å². The Bertz CT molecular complexity index is 2900. The molecule has 0 radical (unpaired) electrons. The number of nitrogens with zero attached hydrogens (tertiary/aromatic N) is 1. The monoisotopic (exact) mass is 652 g/mol. The summed E-state index contributed by atoms with van der Waals surface area (Å²) in [6, 6.07) is 47.2. The minimum Gasteiger partial charge on any atom is -0.365 e. The van der Waals surface area contributed by atoms with Gasteiger partial charge in [0.15, 0.2) is 0 Å². The van der Waals surface area contributed by atoms with Crippen LogP contribution in [0.2, 0.25) is 0 Å². The molecule has 3 atom stereocenters. The summed E-state index contributed by atoms with van der Waals surface area (Å²) < 4.78 is 2.61. The molecule has 2 heterocycles. The van der Waals surface area contributed by atoms with Gasteiger partial charge in [-0.2, -0.15) is 0 Å². The number of dihydropyridines is 1. The number of hydrogen-bond donors (Lipinski definition) is 1. The lowest BCUT2D eigenvalue weighted by atomic mass is 9.73. The fourth-order valence-electron chi connectivity index (χ4n) is 9.50. The third kappa shape index (κ3) is 4.29. The molecule has 2 aliphatic carbocycles. The van der Waals surface area contributed by atoms with Crippen molar-refractivity contribution >= 4 is 70.5 Å². The second kappa shape index (κ2) is 11.2. The van der Waals surface area contributed by atoms with Gasteiger partial charge in [-0.25, -0.2) is 0 Å². The highest BCUT2D eigenvalue weighted by Gasteiger charge is 2.33. The average Bonchev–Trinajstić information content (AvgIpc) is 3.55. The topological polar surface area (TPSA) is 17.0 Å². The standard InChI is InChI=1S/C49H36N2/c1-4-18-35-31(13-1)16-11-24-37(35)34-29-44(40-25-12-17-32-14-2-5-19-36(32)40)50-46(30-34)51-45-26-10-9-23-43(45)48-47-38-20-6-3-15-33(38)27-28-41(47)39-21-7-8-22-42(39)49(48)51/h1-18,20-24,26-30,36,40,46,50H,19,25H2. The van der Waals surface area contributed by atoms with E-state index in [0.717, 1.165) is 12.8 Å². The normalized spacial score (nSPS) is 20.2. The maximum atomic E-state index is 4.20. The number of rotatable bonds is 3. The van der Waals surface area contributed by atoms with Crippen molar-refractivity contribution in [1.82, 2.24) is 9.88 Å². The second-order valence-corrected chi connectivity index (χ2v) is 14.4. The van der Waals surface area contributed by atoms with Crippen LogP contribution in [-0.2, 0) is 0 Å². The number of para-hydroxylation sites is 1. The molecule has 0 amide bonds. The lowest BCUT2D eigenvalue weighted by Gasteiger charge is -2.37. The minimum absolute atomic E-state index is 0.102. The lowest BCUT2D eigenvalue weighted by molar-refractivity contribution is 0.386. The minimum atomic E-state index is -0.102. The predicted molar refractivity (Wildman–Crippen MR) is 217 cm³/mol. The summed E-state index contributed by atoms with van der Waals surface area (Å²) in [5.41, 5.74) is 7.85. The zero-order valence-electron chi connectivity index (χ0n) is 28.3. The summed E-state index contributed by atoms with van der Waals surface area (Å²) in [6.45, 7) is 0. The Labute approximate surface area is 297 Å². The van der Waals surface area contributed by atoms with Gasteiger partial charge in [-0.3, -0.25) is 0 Å². The molecule has 242 valence electrons. The van der Waals surface area contributed by atoms with E-state index in [1.165, 1.54) is 87.3 Å². The highest BCUT2D eigenvalue weighted by atomic mass is 15.2. The largest absolute Gasteiger partial charge is 0.365 e. The van der Waals surface area contributed by atoms with Crippen molar-refractivity contribution in [3.63, 3.8) is 0 Å². The van der Waals surface area contributed by atoms with Crippen molar-refractivity contribution in [3.05, 3.63) is 187 Å². The summed E-state index contributed by atoms with van der Waals surface area (Å²) in [6.07, 6.45) is 18.5. The van der Waals surface area contributed by atoms with Crippen LogP contribution in [0.15, 0.2) is 181 Å². The Balaban J connectivity index is 1.24. The quantitative estimate of drug-likeness (QED) is 0.188. The van der Waals surface area contributed by atoms with E-state index in [2.05, 4.69) is 180 Å². The molecule has 0 bridgehead atoms. The van der Waals surface area contributed by atoms with Gasteiger partial charge in [-0.15, -0.1) is 0 Å².